The molecule has 1 saturated heterocycles. The summed E-state index contributed by atoms with van der Waals surface area (Å²) in [5.74, 6) is -1.57. The van der Waals surface area contributed by atoms with Crippen LogP contribution in [0, 0.1) is 0 Å². The van der Waals surface area contributed by atoms with Crippen LogP contribution in [-0.4, -0.2) is 27.8 Å². The van der Waals surface area contributed by atoms with Crippen LogP contribution < -0.4 is 10.4 Å². The highest BCUT2D eigenvalue weighted by Crippen LogP contribution is 2.27. The van der Waals surface area contributed by atoms with Crippen molar-refractivity contribution in [2.75, 3.05) is 5.75 Å². The van der Waals surface area contributed by atoms with Gasteiger partial charge in [-0.1, -0.05) is 18.7 Å². The first-order valence-corrected chi connectivity index (χ1v) is 7.14. The third-order valence-electron chi connectivity index (χ3n) is 2.34. The number of carbonyl (C=O) groups is 2. The van der Waals surface area contributed by atoms with Crippen LogP contribution in [0.1, 0.15) is 25.0 Å². The molecule has 0 aliphatic carbocycles. The van der Waals surface area contributed by atoms with Crippen molar-refractivity contribution >= 4 is 45.3 Å². The monoisotopic (exact) mass is 284 g/mol. The molecule has 1 atom stereocenters. The average Bonchev–Trinajstić information content (AvgIpc) is 2.90. The number of carbonyl (C=O) groups excluding carboxylic acids is 2. The second-order valence-corrected chi connectivity index (χ2v) is 5.39. The molecule has 2 heterocycles. The van der Waals surface area contributed by atoms with Gasteiger partial charge in [-0.2, -0.15) is 4.99 Å². The number of aliphatic carboxylic acids is 1. The van der Waals surface area contributed by atoms with Crippen molar-refractivity contribution in [3.05, 3.63) is 11.1 Å². The number of nitrogens with zero attached hydrogens (tertiary/aromatic N) is 2. The van der Waals surface area contributed by atoms with Gasteiger partial charge in [-0.05, 0) is 6.42 Å². The second-order valence-electron chi connectivity index (χ2n) is 3.59. The van der Waals surface area contributed by atoms with Gasteiger partial charge in [0.05, 0.1) is 17.4 Å². The maximum absolute atomic E-state index is 11.0. The molecule has 6 nitrogen and oxygen atoms in total. The van der Waals surface area contributed by atoms with E-state index in [0.29, 0.717) is 28.2 Å². The molecule has 96 valence electrons. The van der Waals surface area contributed by atoms with E-state index in [-0.39, 0.29) is 5.91 Å². The van der Waals surface area contributed by atoms with Crippen LogP contribution in [0.2, 0.25) is 0 Å². The van der Waals surface area contributed by atoms with Gasteiger partial charge in [-0.15, -0.1) is 11.3 Å². The highest BCUT2D eigenvalue weighted by molar-refractivity contribution is 8.15. The van der Waals surface area contributed by atoms with Gasteiger partial charge in [0.15, 0.2) is 5.17 Å². The van der Waals surface area contributed by atoms with Crippen molar-refractivity contribution in [3.63, 3.8) is 0 Å². The highest BCUT2D eigenvalue weighted by atomic mass is 32.2. The molecule has 0 radical (unpaired) electrons. The van der Waals surface area contributed by atoms with Gasteiger partial charge in [0.2, 0.25) is 11.0 Å². The minimum Gasteiger partial charge on any atom is -0.549 e. The van der Waals surface area contributed by atoms with Gasteiger partial charge in [-0.3, -0.25) is 4.79 Å². The number of thioether (sulfide) groups is 1. The molecule has 0 spiro atoms. The van der Waals surface area contributed by atoms with Gasteiger partial charge >= 0.3 is 0 Å². The zero-order valence-corrected chi connectivity index (χ0v) is 11.1. The quantitative estimate of drug-likeness (QED) is 0.854. The Morgan fingerprint density at radius 3 is 3.06 bits per heavy atom. The predicted octanol–water partition coefficient (Wildman–Crippen LogP) is 0.237. The Labute approximate surface area is 112 Å². The van der Waals surface area contributed by atoms with Crippen molar-refractivity contribution < 1.29 is 14.7 Å². The maximum atomic E-state index is 11.0. The minimum absolute atomic E-state index is 0.0864. The number of amides is 1. The normalized spacial score (nSPS) is 18.9. The van der Waals surface area contributed by atoms with Crippen LogP contribution in [0.4, 0.5) is 5.13 Å². The molecule has 1 aromatic rings. The Kier molecular flexibility index (Phi) is 3.97. The first-order chi connectivity index (χ1) is 8.60. The van der Waals surface area contributed by atoms with Gasteiger partial charge in [0, 0.05) is 11.3 Å². The molecule has 2 rings (SSSR count). The summed E-state index contributed by atoms with van der Waals surface area (Å²) in [7, 11) is 0. The molecular weight excluding hydrogens is 274 g/mol. The summed E-state index contributed by atoms with van der Waals surface area (Å²) in [5.41, 5.74) is 0.455. The zero-order valence-electron chi connectivity index (χ0n) is 9.50. The largest absolute Gasteiger partial charge is 0.549 e. The fraction of sp³-hybridized carbons (Fsp3) is 0.400. The van der Waals surface area contributed by atoms with Crippen molar-refractivity contribution in [1.82, 2.24) is 10.3 Å². The first kappa shape index (κ1) is 13.0. The van der Waals surface area contributed by atoms with E-state index in [1.165, 1.54) is 23.1 Å². The van der Waals surface area contributed by atoms with E-state index in [2.05, 4.69) is 15.3 Å². The predicted molar refractivity (Wildman–Crippen MR) is 67.8 cm³/mol. The van der Waals surface area contributed by atoms with E-state index in [4.69, 9.17) is 0 Å². The molecule has 1 unspecified atom stereocenters. The molecule has 18 heavy (non-hydrogen) atoms. The number of rotatable bonds is 4. The standard InChI is InChI=1S/C10H11N3O3S2/c1-2-5(8(15)16)6-3-17-9(11-6)13-10-12-7(14)4-18-10/h3,5H,2,4H2,1H3,(H,15,16)(H,11,12,13,14)/p-1. The summed E-state index contributed by atoms with van der Waals surface area (Å²) in [4.78, 5) is 30.1. The lowest BCUT2D eigenvalue weighted by molar-refractivity contribution is -0.308. The second kappa shape index (κ2) is 5.49. The van der Waals surface area contributed by atoms with E-state index in [9.17, 15) is 14.7 Å². The van der Waals surface area contributed by atoms with E-state index in [1.807, 2.05) is 0 Å². The number of amidine groups is 1. The smallest absolute Gasteiger partial charge is 0.236 e. The zero-order chi connectivity index (χ0) is 13.1. The average molecular weight is 284 g/mol. The molecule has 1 aliphatic heterocycles. The summed E-state index contributed by atoms with van der Waals surface area (Å²) in [6.45, 7) is 1.76. The van der Waals surface area contributed by atoms with Crippen LogP contribution in [-0.2, 0) is 9.59 Å². The third-order valence-corrected chi connectivity index (χ3v) is 3.97. The highest BCUT2D eigenvalue weighted by Gasteiger charge is 2.18. The number of carboxylic acid groups (broad SMARTS) is 1. The molecular formula is C10H10N3O3S2-. The molecule has 0 aromatic carbocycles. The van der Waals surface area contributed by atoms with E-state index in [1.54, 1.807) is 12.3 Å². The van der Waals surface area contributed by atoms with Gasteiger partial charge in [0.25, 0.3) is 0 Å². The topological polar surface area (TPSA) is 94.5 Å². The van der Waals surface area contributed by atoms with Crippen LogP contribution in [0.15, 0.2) is 10.4 Å². The summed E-state index contributed by atoms with van der Waals surface area (Å²) in [6.07, 6.45) is 0.424. The Bertz CT molecular complexity index is 512. The Hall–Kier alpha value is -1.41. The van der Waals surface area contributed by atoms with Gasteiger partial charge < -0.3 is 15.2 Å². The molecule has 1 fully saturated rings. The lowest BCUT2D eigenvalue weighted by atomic mass is 10.0. The molecule has 1 aromatic heterocycles. The van der Waals surface area contributed by atoms with Crippen LogP contribution >= 0.6 is 23.1 Å². The third kappa shape index (κ3) is 2.88. The Morgan fingerprint density at radius 2 is 2.50 bits per heavy atom. The molecule has 1 amide bonds. The van der Waals surface area contributed by atoms with Crippen LogP contribution in [0.5, 0.6) is 0 Å². The van der Waals surface area contributed by atoms with Crippen molar-refractivity contribution in [2.45, 2.75) is 19.3 Å². The number of thiazole rings is 1. The SMILES string of the molecule is CCC(C(=O)[O-])c1csc(N=C2NC(=O)CS2)n1. The van der Waals surface area contributed by atoms with E-state index >= 15 is 0 Å². The number of aliphatic imine (C=N–C) groups is 1. The lowest BCUT2D eigenvalue weighted by Gasteiger charge is -2.12. The number of carboxylic acids is 1. The van der Waals surface area contributed by atoms with Gasteiger partial charge in [-0.25, -0.2) is 4.98 Å². The van der Waals surface area contributed by atoms with E-state index in [0.717, 1.165) is 0 Å². The number of aromatic nitrogens is 1. The summed E-state index contributed by atoms with van der Waals surface area (Å²) in [5, 5.41) is 16.1. The summed E-state index contributed by atoms with van der Waals surface area (Å²) >= 11 is 2.55. The Balaban J connectivity index is 2.15. The number of hydrogen-bond acceptors (Lipinski definition) is 7. The van der Waals surface area contributed by atoms with Crippen LogP contribution in [0.25, 0.3) is 0 Å². The van der Waals surface area contributed by atoms with Crippen molar-refractivity contribution in [1.29, 1.82) is 0 Å². The molecule has 0 saturated carbocycles. The minimum atomic E-state index is -1.13. The van der Waals surface area contributed by atoms with Crippen LogP contribution in [0.3, 0.4) is 0 Å². The lowest BCUT2D eigenvalue weighted by Crippen LogP contribution is -2.29. The van der Waals surface area contributed by atoms with Crippen molar-refractivity contribution in [3.8, 4) is 0 Å². The van der Waals surface area contributed by atoms with E-state index < -0.39 is 11.9 Å². The number of hydrogen-bond donors (Lipinski definition) is 1. The number of nitrogens with one attached hydrogen (secondary N) is 1. The summed E-state index contributed by atoms with van der Waals surface area (Å²) < 4.78 is 0. The molecule has 0 bridgehead atoms. The molecule has 8 heteroatoms. The van der Waals surface area contributed by atoms with Gasteiger partial charge in [0.1, 0.15) is 0 Å². The summed E-state index contributed by atoms with van der Waals surface area (Å²) in [6, 6.07) is 0. The van der Waals surface area contributed by atoms with Crippen molar-refractivity contribution in [2.24, 2.45) is 4.99 Å². The molecule has 1 N–H and O–H groups in total. The molecule has 1 aliphatic rings. The Morgan fingerprint density at radius 1 is 1.72 bits per heavy atom. The fourth-order valence-electron chi connectivity index (χ4n) is 1.46. The fourth-order valence-corrected chi connectivity index (χ4v) is 2.94. The first-order valence-electron chi connectivity index (χ1n) is 5.27. The maximum Gasteiger partial charge on any atom is 0.236 e.